The van der Waals surface area contributed by atoms with Gasteiger partial charge in [0.25, 0.3) is 0 Å². The van der Waals surface area contributed by atoms with Crippen LogP contribution in [0.5, 0.6) is 0 Å². The molecule has 1 amide bonds. The van der Waals surface area contributed by atoms with Gasteiger partial charge in [-0.15, -0.1) is 0 Å². The molecule has 2 saturated heterocycles. The Morgan fingerprint density at radius 1 is 1.17 bits per heavy atom. The van der Waals surface area contributed by atoms with Crippen molar-refractivity contribution in [2.24, 2.45) is 17.3 Å². The normalized spacial score (nSPS) is 23.1. The first kappa shape index (κ1) is 20.4. The number of carbonyl (C=O) groups excluding carboxylic acids is 1. The van der Waals surface area contributed by atoms with Crippen LogP contribution in [0.2, 0.25) is 0 Å². The van der Waals surface area contributed by atoms with Crippen LogP contribution in [0.4, 0.5) is 5.69 Å². The highest BCUT2D eigenvalue weighted by Crippen LogP contribution is 2.47. The van der Waals surface area contributed by atoms with Gasteiger partial charge in [-0.05, 0) is 30.5 Å². The van der Waals surface area contributed by atoms with Gasteiger partial charge in [0.15, 0.2) is 0 Å². The second-order valence-electron chi connectivity index (χ2n) is 9.00. The zero-order chi connectivity index (χ0) is 21.3. The van der Waals surface area contributed by atoms with E-state index in [9.17, 15) is 14.7 Å². The standard InChI is InChI=1S/C24H29N3O3/c1-17(2)22(28)27-14-19-13-26(20-9-11-25-21(12-20)23(29)30)15-24(19,16-27)10-8-18-6-4-3-5-7-18/h3-7,9,11-12,17,19H,8,10,13-16H2,1-2H3,(H,29,30)/t19-,24+/m0/s1. The number of amides is 1. The van der Waals surface area contributed by atoms with Gasteiger partial charge in [-0.25, -0.2) is 9.78 Å². The largest absolute Gasteiger partial charge is 0.477 e. The SMILES string of the molecule is CC(C)C(=O)N1C[C@@H]2CN(c3ccnc(C(=O)O)c3)C[C@]2(CCc2ccccc2)C1. The van der Waals surface area contributed by atoms with Crippen molar-refractivity contribution in [2.75, 3.05) is 31.1 Å². The Morgan fingerprint density at radius 3 is 2.63 bits per heavy atom. The summed E-state index contributed by atoms with van der Waals surface area (Å²) in [5.74, 6) is -0.398. The highest BCUT2D eigenvalue weighted by molar-refractivity contribution is 5.86. The van der Waals surface area contributed by atoms with Crippen molar-refractivity contribution < 1.29 is 14.7 Å². The summed E-state index contributed by atoms with van der Waals surface area (Å²) in [4.78, 5) is 32.3. The minimum Gasteiger partial charge on any atom is -0.477 e. The first-order chi connectivity index (χ1) is 14.4. The molecule has 1 aromatic carbocycles. The molecule has 4 rings (SSSR count). The molecule has 30 heavy (non-hydrogen) atoms. The molecule has 1 aromatic heterocycles. The number of pyridine rings is 1. The first-order valence-corrected chi connectivity index (χ1v) is 10.6. The van der Waals surface area contributed by atoms with E-state index in [0.29, 0.717) is 5.92 Å². The van der Waals surface area contributed by atoms with Crippen LogP contribution in [-0.4, -0.2) is 53.0 Å². The molecule has 0 unspecified atom stereocenters. The molecule has 0 radical (unpaired) electrons. The quantitative estimate of drug-likeness (QED) is 0.795. The first-order valence-electron chi connectivity index (χ1n) is 10.6. The summed E-state index contributed by atoms with van der Waals surface area (Å²) < 4.78 is 0. The van der Waals surface area contributed by atoms with Crippen LogP contribution in [-0.2, 0) is 11.2 Å². The number of rotatable bonds is 6. The summed E-state index contributed by atoms with van der Waals surface area (Å²) in [5.41, 5.74) is 2.31. The van der Waals surface area contributed by atoms with Crippen LogP contribution in [0.25, 0.3) is 0 Å². The average molecular weight is 408 g/mol. The van der Waals surface area contributed by atoms with E-state index in [0.717, 1.165) is 44.7 Å². The summed E-state index contributed by atoms with van der Waals surface area (Å²) >= 11 is 0. The Labute approximate surface area is 177 Å². The summed E-state index contributed by atoms with van der Waals surface area (Å²) in [7, 11) is 0. The van der Waals surface area contributed by atoms with Crippen LogP contribution in [0.1, 0.15) is 36.3 Å². The predicted octanol–water partition coefficient (Wildman–Crippen LogP) is 3.33. The second kappa shape index (κ2) is 8.09. The maximum absolute atomic E-state index is 12.7. The lowest BCUT2D eigenvalue weighted by Gasteiger charge is -2.30. The molecule has 0 saturated carbocycles. The zero-order valence-electron chi connectivity index (χ0n) is 17.6. The van der Waals surface area contributed by atoms with Crippen LogP contribution in [0.3, 0.4) is 0 Å². The third-order valence-electron chi connectivity index (χ3n) is 6.65. The third-order valence-corrected chi connectivity index (χ3v) is 6.65. The lowest BCUT2D eigenvalue weighted by atomic mass is 9.76. The smallest absolute Gasteiger partial charge is 0.354 e. The van der Waals surface area contributed by atoms with Gasteiger partial charge < -0.3 is 14.9 Å². The minimum absolute atomic E-state index is 0.00410. The van der Waals surface area contributed by atoms with Gasteiger partial charge in [0.05, 0.1) is 0 Å². The highest BCUT2D eigenvalue weighted by atomic mass is 16.4. The topological polar surface area (TPSA) is 73.7 Å². The molecule has 6 heteroatoms. The van der Waals surface area contributed by atoms with Crippen molar-refractivity contribution in [3.63, 3.8) is 0 Å². The molecule has 2 aliphatic heterocycles. The average Bonchev–Trinajstić information content (AvgIpc) is 3.27. The number of hydrogen-bond donors (Lipinski definition) is 1. The van der Waals surface area contributed by atoms with Crippen LogP contribution < -0.4 is 4.90 Å². The fourth-order valence-corrected chi connectivity index (χ4v) is 5.04. The number of aromatic carboxylic acids is 1. The zero-order valence-corrected chi connectivity index (χ0v) is 17.6. The number of benzene rings is 1. The lowest BCUT2D eigenvalue weighted by molar-refractivity contribution is -0.133. The van der Waals surface area contributed by atoms with Gasteiger partial charge in [0.1, 0.15) is 5.69 Å². The Kier molecular flexibility index (Phi) is 5.50. The fourth-order valence-electron chi connectivity index (χ4n) is 5.04. The van der Waals surface area contributed by atoms with Crippen molar-refractivity contribution >= 4 is 17.6 Å². The number of aromatic nitrogens is 1. The predicted molar refractivity (Wildman–Crippen MR) is 116 cm³/mol. The minimum atomic E-state index is -1.01. The molecule has 3 heterocycles. The Morgan fingerprint density at radius 2 is 1.93 bits per heavy atom. The van der Waals surface area contributed by atoms with E-state index in [2.05, 4.69) is 34.1 Å². The van der Waals surface area contributed by atoms with Crippen molar-refractivity contribution in [3.8, 4) is 0 Å². The third kappa shape index (κ3) is 3.91. The molecule has 2 atom stereocenters. The van der Waals surface area contributed by atoms with E-state index in [1.165, 1.54) is 5.56 Å². The van der Waals surface area contributed by atoms with E-state index in [-0.39, 0.29) is 22.9 Å². The van der Waals surface area contributed by atoms with E-state index in [1.54, 1.807) is 12.3 Å². The van der Waals surface area contributed by atoms with Gasteiger partial charge in [0.2, 0.25) is 5.91 Å². The number of carboxylic acids is 1. The van der Waals surface area contributed by atoms with Gasteiger partial charge in [-0.1, -0.05) is 44.2 Å². The molecular formula is C24H29N3O3. The monoisotopic (exact) mass is 407 g/mol. The lowest BCUT2D eigenvalue weighted by Crippen LogP contribution is -2.38. The molecule has 2 aromatic rings. The number of anilines is 1. The Bertz CT molecular complexity index is 930. The van der Waals surface area contributed by atoms with E-state index < -0.39 is 5.97 Å². The number of carbonyl (C=O) groups is 2. The second-order valence-corrected chi connectivity index (χ2v) is 9.00. The summed E-state index contributed by atoms with van der Waals surface area (Å²) in [5, 5.41) is 9.30. The van der Waals surface area contributed by atoms with Crippen molar-refractivity contribution in [2.45, 2.75) is 26.7 Å². The van der Waals surface area contributed by atoms with Gasteiger partial charge in [-0.2, -0.15) is 0 Å². The number of fused-ring (bicyclic) bond motifs is 1. The van der Waals surface area contributed by atoms with Crippen molar-refractivity contribution in [1.29, 1.82) is 0 Å². The van der Waals surface area contributed by atoms with Crippen molar-refractivity contribution in [3.05, 3.63) is 59.9 Å². The highest BCUT2D eigenvalue weighted by Gasteiger charge is 2.53. The van der Waals surface area contributed by atoms with Gasteiger partial charge in [0, 0.05) is 55.3 Å². The molecule has 0 aliphatic carbocycles. The van der Waals surface area contributed by atoms with Gasteiger partial charge >= 0.3 is 5.97 Å². The van der Waals surface area contributed by atoms with E-state index >= 15 is 0 Å². The van der Waals surface area contributed by atoms with Crippen LogP contribution >= 0.6 is 0 Å². The van der Waals surface area contributed by atoms with Crippen molar-refractivity contribution in [1.82, 2.24) is 9.88 Å². The summed E-state index contributed by atoms with van der Waals surface area (Å²) in [6.45, 7) is 7.14. The number of aryl methyl sites for hydroxylation is 1. The fraction of sp³-hybridized carbons (Fsp3) is 0.458. The molecule has 2 aliphatic rings. The Balaban J connectivity index is 1.57. The summed E-state index contributed by atoms with van der Waals surface area (Å²) in [6.07, 6.45) is 3.56. The molecule has 2 fully saturated rings. The number of nitrogens with zero attached hydrogens (tertiary/aromatic N) is 3. The molecular weight excluding hydrogens is 378 g/mol. The maximum atomic E-state index is 12.7. The number of hydrogen-bond acceptors (Lipinski definition) is 4. The van der Waals surface area contributed by atoms with E-state index in [4.69, 9.17) is 0 Å². The van der Waals surface area contributed by atoms with Crippen LogP contribution in [0, 0.1) is 17.3 Å². The molecule has 1 N–H and O–H groups in total. The van der Waals surface area contributed by atoms with Gasteiger partial charge in [-0.3, -0.25) is 4.79 Å². The molecule has 6 nitrogen and oxygen atoms in total. The van der Waals surface area contributed by atoms with E-state index in [1.807, 2.05) is 30.9 Å². The maximum Gasteiger partial charge on any atom is 0.354 e. The molecule has 0 spiro atoms. The van der Waals surface area contributed by atoms with Crippen LogP contribution in [0.15, 0.2) is 48.7 Å². The Hall–Kier alpha value is -2.89. The summed E-state index contributed by atoms with van der Waals surface area (Å²) in [6, 6.07) is 14.0. The number of likely N-dealkylation sites (tertiary alicyclic amines) is 1. The molecule has 158 valence electrons. The molecule has 0 bridgehead atoms. The number of carboxylic acid groups (broad SMARTS) is 1.